The first-order chi connectivity index (χ1) is 20.4. The van der Waals surface area contributed by atoms with Crippen molar-refractivity contribution in [3.05, 3.63) is 72.1 Å². The summed E-state index contributed by atoms with van der Waals surface area (Å²) in [4.78, 5) is 22.0. The van der Waals surface area contributed by atoms with Crippen molar-refractivity contribution in [2.24, 2.45) is 23.2 Å². The number of nitrogens with zero attached hydrogens (tertiary/aromatic N) is 3. The lowest BCUT2D eigenvalue weighted by Gasteiger charge is -2.56. The number of aromatic hydroxyl groups is 1. The number of methoxy groups -OCH3 is 1. The number of hydrogen-bond acceptors (Lipinski definition) is 6. The molecule has 1 aliphatic heterocycles. The summed E-state index contributed by atoms with van der Waals surface area (Å²) in [5.41, 5.74) is 5.27. The van der Waals surface area contributed by atoms with Crippen LogP contribution < -0.4 is 15.0 Å². The highest BCUT2D eigenvalue weighted by Gasteiger charge is 2.50. The zero-order chi connectivity index (χ0) is 28.7. The standard InChI is InChI=1S/C35H42N4O3/c1-42-33-16-28(30-15-32(40)21-36-20-30)2-3-29(33)22-38-8-10-39(11-9-38)31-6-4-27(5-7-31)34(41)37-23-35-17-24-12-25(18-35)14-26(13-24)19-35/h2-7,15-16,20-21,24-26,40H,8-14,17-19,22-23H2,1H3,(H,37,41). The highest BCUT2D eigenvalue weighted by atomic mass is 16.5. The molecule has 0 spiro atoms. The molecule has 0 unspecified atom stereocenters. The van der Waals surface area contributed by atoms with Gasteiger partial charge in [-0.15, -0.1) is 0 Å². The number of rotatable bonds is 8. The number of carbonyl (C=O) groups excluding carboxylic acids is 1. The Bertz CT molecular complexity index is 1400. The van der Waals surface area contributed by atoms with Gasteiger partial charge in [0.05, 0.1) is 13.3 Å². The predicted molar refractivity (Wildman–Crippen MR) is 165 cm³/mol. The summed E-state index contributed by atoms with van der Waals surface area (Å²) in [5.74, 6) is 3.79. The summed E-state index contributed by atoms with van der Waals surface area (Å²) in [6.07, 6.45) is 11.4. The Balaban J connectivity index is 0.917. The summed E-state index contributed by atoms with van der Waals surface area (Å²) in [6, 6.07) is 16.1. The zero-order valence-corrected chi connectivity index (χ0v) is 24.6. The molecule has 1 aromatic heterocycles. The molecule has 5 aliphatic rings. The second-order valence-electron chi connectivity index (χ2n) is 13.4. The van der Waals surface area contributed by atoms with Crippen molar-refractivity contribution in [3.63, 3.8) is 0 Å². The number of ether oxygens (including phenoxy) is 1. The molecule has 8 rings (SSSR count). The van der Waals surface area contributed by atoms with E-state index in [9.17, 15) is 9.90 Å². The van der Waals surface area contributed by atoms with Gasteiger partial charge in [-0.3, -0.25) is 14.7 Å². The van der Waals surface area contributed by atoms with Gasteiger partial charge in [0.2, 0.25) is 0 Å². The van der Waals surface area contributed by atoms with E-state index >= 15 is 0 Å². The highest BCUT2D eigenvalue weighted by Crippen LogP contribution is 2.59. The lowest BCUT2D eigenvalue weighted by Crippen LogP contribution is -2.51. The molecule has 220 valence electrons. The molecule has 4 bridgehead atoms. The van der Waals surface area contributed by atoms with E-state index in [4.69, 9.17) is 4.74 Å². The van der Waals surface area contributed by atoms with E-state index in [1.807, 2.05) is 18.2 Å². The molecule has 0 radical (unpaired) electrons. The van der Waals surface area contributed by atoms with Crippen LogP contribution in [0.25, 0.3) is 11.1 Å². The third-order valence-electron chi connectivity index (χ3n) is 10.4. The molecule has 1 saturated heterocycles. The molecule has 2 aromatic carbocycles. The van der Waals surface area contributed by atoms with Gasteiger partial charge >= 0.3 is 0 Å². The molecule has 42 heavy (non-hydrogen) atoms. The van der Waals surface area contributed by atoms with Crippen molar-refractivity contribution in [1.29, 1.82) is 0 Å². The maximum atomic E-state index is 13.1. The van der Waals surface area contributed by atoms with Gasteiger partial charge in [0.25, 0.3) is 5.91 Å². The third-order valence-corrected chi connectivity index (χ3v) is 10.4. The molecule has 2 N–H and O–H groups in total. The van der Waals surface area contributed by atoms with Crippen molar-refractivity contribution >= 4 is 11.6 Å². The van der Waals surface area contributed by atoms with Crippen LogP contribution in [-0.2, 0) is 6.54 Å². The van der Waals surface area contributed by atoms with Crippen molar-refractivity contribution in [1.82, 2.24) is 15.2 Å². The van der Waals surface area contributed by atoms with E-state index in [1.54, 1.807) is 19.4 Å². The minimum atomic E-state index is 0.0717. The quantitative estimate of drug-likeness (QED) is 0.363. The maximum Gasteiger partial charge on any atom is 0.251 e. The molecule has 0 atom stereocenters. The average molecular weight is 567 g/mol. The first-order valence-electron chi connectivity index (χ1n) is 15.6. The number of pyridine rings is 1. The van der Waals surface area contributed by atoms with Crippen LogP contribution in [0.4, 0.5) is 5.69 Å². The monoisotopic (exact) mass is 566 g/mol. The molecule has 3 aromatic rings. The summed E-state index contributed by atoms with van der Waals surface area (Å²) in [7, 11) is 1.70. The molecule has 2 heterocycles. The molecule has 7 heteroatoms. The van der Waals surface area contributed by atoms with Crippen molar-refractivity contribution < 1.29 is 14.6 Å². The Morgan fingerprint density at radius 2 is 1.62 bits per heavy atom. The average Bonchev–Trinajstić information content (AvgIpc) is 3.00. The number of benzene rings is 2. The smallest absolute Gasteiger partial charge is 0.251 e. The summed E-state index contributed by atoms with van der Waals surface area (Å²) in [5, 5.41) is 13.1. The van der Waals surface area contributed by atoms with Gasteiger partial charge < -0.3 is 20.1 Å². The summed E-state index contributed by atoms with van der Waals surface area (Å²) in [6.45, 7) is 5.45. The minimum Gasteiger partial charge on any atom is -0.506 e. The Labute approximate surface area is 248 Å². The van der Waals surface area contributed by atoms with Crippen LogP contribution in [0, 0.1) is 23.2 Å². The summed E-state index contributed by atoms with van der Waals surface area (Å²) < 4.78 is 5.73. The van der Waals surface area contributed by atoms with Crippen LogP contribution in [-0.4, -0.2) is 60.7 Å². The van der Waals surface area contributed by atoms with Gasteiger partial charge in [-0.2, -0.15) is 0 Å². The van der Waals surface area contributed by atoms with Gasteiger partial charge in [0.15, 0.2) is 0 Å². The number of amides is 1. The molecule has 7 nitrogen and oxygen atoms in total. The fourth-order valence-corrected chi connectivity index (χ4v) is 8.75. The fraction of sp³-hybridized carbons (Fsp3) is 0.486. The second-order valence-corrected chi connectivity index (χ2v) is 13.4. The normalized spacial score (nSPS) is 26.8. The SMILES string of the molecule is COc1cc(-c2cncc(O)c2)ccc1CN1CCN(c2ccc(C(=O)NCC34CC5CC(CC(C5)C3)C4)cc2)CC1. The van der Waals surface area contributed by atoms with E-state index in [-0.39, 0.29) is 11.7 Å². The second kappa shape index (κ2) is 11.3. The third kappa shape index (κ3) is 5.59. The number of aromatic nitrogens is 1. The fourth-order valence-electron chi connectivity index (χ4n) is 8.75. The predicted octanol–water partition coefficient (Wildman–Crippen LogP) is 5.73. The Hall–Kier alpha value is -3.58. The maximum absolute atomic E-state index is 13.1. The van der Waals surface area contributed by atoms with E-state index in [0.717, 1.165) is 85.0 Å². The van der Waals surface area contributed by atoms with Gasteiger partial charge in [-0.1, -0.05) is 12.1 Å². The van der Waals surface area contributed by atoms with E-state index in [0.29, 0.717) is 5.41 Å². The van der Waals surface area contributed by atoms with Crippen LogP contribution in [0.2, 0.25) is 0 Å². The Morgan fingerprint density at radius 1 is 0.929 bits per heavy atom. The minimum absolute atomic E-state index is 0.0717. The van der Waals surface area contributed by atoms with Gasteiger partial charge in [0, 0.05) is 67.8 Å². The number of carbonyl (C=O) groups is 1. The van der Waals surface area contributed by atoms with E-state index < -0.39 is 0 Å². The number of piperazine rings is 1. The first-order valence-corrected chi connectivity index (χ1v) is 15.6. The first kappa shape index (κ1) is 27.3. The number of nitrogens with one attached hydrogen (secondary N) is 1. The van der Waals surface area contributed by atoms with Crippen LogP contribution >= 0.6 is 0 Å². The summed E-state index contributed by atoms with van der Waals surface area (Å²) >= 11 is 0. The van der Waals surface area contributed by atoms with E-state index in [1.165, 1.54) is 50.4 Å². The lowest BCUT2D eigenvalue weighted by molar-refractivity contribution is -0.0503. The van der Waals surface area contributed by atoms with Gasteiger partial charge in [-0.25, -0.2) is 0 Å². The Morgan fingerprint density at radius 3 is 2.26 bits per heavy atom. The lowest BCUT2D eigenvalue weighted by atomic mass is 9.49. The zero-order valence-electron chi connectivity index (χ0n) is 24.6. The molecule has 1 amide bonds. The molecular formula is C35H42N4O3. The molecule has 4 saturated carbocycles. The molecule has 5 fully saturated rings. The van der Waals surface area contributed by atoms with Crippen LogP contribution in [0.5, 0.6) is 11.5 Å². The number of hydrogen-bond donors (Lipinski definition) is 2. The molecular weight excluding hydrogens is 524 g/mol. The highest BCUT2D eigenvalue weighted by molar-refractivity contribution is 5.94. The number of anilines is 1. The van der Waals surface area contributed by atoms with Crippen LogP contribution in [0.1, 0.15) is 54.4 Å². The van der Waals surface area contributed by atoms with Crippen molar-refractivity contribution in [2.45, 2.75) is 45.1 Å². The van der Waals surface area contributed by atoms with E-state index in [2.05, 4.69) is 44.4 Å². The van der Waals surface area contributed by atoms with Crippen LogP contribution in [0.15, 0.2) is 60.9 Å². The molecule has 4 aliphatic carbocycles. The largest absolute Gasteiger partial charge is 0.506 e. The van der Waals surface area contributed by atoms with Crippen LogP contribution in [0.3, 0.4) is 0 Å². The Kier molecular flexibility index (Phi) is 7.30. The van der Waals surface area contributed by atoms with Gasteiger partial charge in [0.1, 0.15) is 11.5 Å². The van der Waals surface area contributed by atoms with Crippen molar-refractivity contribution in [3.8, 4) is 22.6 Å². The van der Waals surface area contributed by atoms with Crippen molar-refractivity contribution in [2.75, 3.05) is 44.7 Å². The topological polar surface area (TPSA) is 77.9 Å². The van der Waals surface area contributed by atoms with Gasteiger partial charge in [-0.05, 0) is 104 Å².